The highest BCUT2D eigenvalue weighted by atomic mass is 16.6. The third-order valence-electron chi connectivity index (χ3n) is 2.13. The number of nitrogens with zero attached hydrogens (tertiary/aromatic N) is 3. The van der Waals surface area contributed by atoms with Gasteiger partial charge in [-0.3, -0.25) is 0 Å². The van der Waals surface area contributed by atoms with Gasteiger partial charge in [-0.15, -0.1) is 10.3 Å². The number of benzene rings is 1. The third-order valence-corrected chi connectivity index (χ3v) is 2.13. The number of hydrogen-bond acceptors (Lipinski definition) is 5. The lowest BCUT2D eigenvalue weighted by atomic mass is 10.3. The standard InChI is InChI=1S/C11H10N4O3/c16-15(17)11-10(12-14-13-11)7-4-8-18-9-5-2-1-3-6-9/h1-6,8H,7H2,(H,12,13,14). The van der Waals surface area contributed by atoms with Gasteiger partial charge in [0.2, 0.25) is 0 Å². The Bertz CT molecular complexity index is 550. The summed E-state index contributed by atoms with van der Waals surface area (Å²) >= 11 is 0. The molecule has 0 aliphatic rings. The van der Waals surface area contributed by atoms with Crippen LogP contribution in [0.4, 0.5) is 5.82 Å². The topological polar surface area (TPSA) is 93.9 Å². The van der Waals surface area contributed by atoms with E-state index in [0.29, 0.717) is 5.75 Å². The lowest BCUT2D eigenvalue weighted by Crippen LogP contribution is -1.93. The molecule has 2 aromatic rings. The number of aromatic amines is 1. The van der Waals surface area contributed by atoms with Crippen molar-refractivity contribution < 1.29 is 9.66 Å². The minimum atomic E-state index is -0.579. The van der Waals surface area contributed by atoms with Crippen LogP contribution in [0.5, 0.6) is 5.75 Å². The van der Waals surface area contributed by atoms with Crippen LogP contribution in [0.15, 0.2) is 42.7 Å². The molecule has 0 saturated heterocycles. The van der Waals surface area contributed by atoms with Gasteiger partial charge >= 0.3 is 5.82 Å². The molecule has 0 unspecified atom stereocenters. The van der Waals surface area contributed by atoms with Crippen molar-refractivity contribution in [1.29, 1.82) is 0 Å². The fourth-order valence-electron chi connectivity index (χ4n) is 1.32. The van der Waals surface area contributed by atoms with Crippen LogP contribution in [0.3, 0.4) is 0 Å². The molecule has 2 rings (SSSR count). The first-order valence-corrected chi connectivity index (χ1v) is 5.18. The van der Waals surface area contributed by atoms with E-state index < -0.39 is 4.92 Å². The number of ether oxygens (including phenoxy) is 1. The molecule has 0 saturated carbocycles. The van der Waals surface area contributed by atoms with E-state index in [0.717, 1.165) is 0 Å². The Morgan fingerprint density at radius 1 is 1.33 bits per heavy atom. The number of hydrogen-bond donors (Lipinski definition) is 1. The van der Waals surface area contributed by atoms with Crippen molar-refractivity contribution in [2.75, 3.05) is 0 Å². The summed E-state index contributed by atoms with van der Waals surface area (Å²) in [6.07, 6.45) is 3.38. The smallest absolute Gasteiger partial charge is 0.413 e. The molecular formula is C11H10N4O3. The molecule has 0 atom stereocenters. The summed E-state index contributed by atoms with van der Waals surface area (Å²) < 4.78 is 5.30. The molecule has 1 heterocycles. The summed E-state index contributed by atoms with van der Waals surface area (Å²) in [6.45, 7) is 0. The Balaban J connectivity index is 1.92. The third kappa shape index (κ3) is 2.91. The summed E-state index contributed by atoms with van der Waals surface area (Å²) in [4.78, 5) is 9.99. The van der Waals surface area contributed by atoms with Crippen molar-refractivity contribution in [3.05, 3.63) is 58.5 Å². The second kappa shape index (κ2) is 5.58. The summed E-state index contributed by atoms with van der Waals surface area (Å²) in [5.41, 5.74) is 0.271. The van der Waals surface area contributed by atoms with Gasteiger partial charge in [-0.05, 0) is 23.1 Å². The van der Waals surface area contributed by atoms with Crippen molar-refractivity contribution in [3.63, 3.8) is 0 Å². The van der Waals surface area contributed by atoms with Crippen molar-refractivity contribution in [1.82, 2.24) is 15.4 Å². The maximum Gasteiger partial charge on any atom is 0.413 e. The van der Waals surface area contributed by atoms with Gasteiger partial charge in [0.05, 0.1) is 11.4 Å². The minimum absolute atomic E-state index is 0.264. The molecular weight excluding hydrogens is 236 g/mol. The Morgan fingerprint density at radius 2 is 2.11 bits per heavy atom. The van der Waals surface area contributed by atoms with Gasteiger partial charge in [-0.25, -0.2) is 0 Å². The second-order valence-electron chi connectivity index (χ2n) is 3.36. The maximum absolute atomic E-state index is 10.6. The quantitative estimate of drug-likeness (QED) is 0.493. The Morgan fingerprint density at radius 3 is 2.83 bits per heavy atom. The second-order valence-corrected chi connectivity index (χ2v) is 3.36. The number of nitro groups is 1. The molecule has 7 heteroatoms. The van der Waals surface area contributed by atoms with Crippen LogP contribution < -0.4 is 4.74 Å². The highest BCUT2D eigenvalue weighted by Gasteiger charge is 2.17. The van der Waals surface area contributed by atoms with E-state index in [2.05, 4.69) is 15.4 Å². The van der Waals surface area contributed by atoms with Crippen LogP contribution in [0.1, 0.15) is 5.69 Å². The van der Waals surface area contributed by atoms with E-state index in [1.54, 1.807) is 6.08 Å². The summed E-state index contributed by atoms with van der Waals surface area (Å²) in [6, 6.07) is 9.21. The molecule has 18 heavy (non-hydrogen) atoms. The first-order chi connectivity index (χ1) is 8.77. The van der Waals surface area contributed by atoms with Crippen LogP contribution in [-0.4, -0.2) is 20.3 Å². The van der Waals surface area contributed by atoms with E-state index in [1.807, 2.05) is 30.3 Å². The molecule has 0 aliphatic carbocycles. The number of H-pyrrole nitrogens is 1. The Hall–Kier alpha value is -2.70. The Labute approximate surface area is 102 Å². The number of nitrogens with one attached hydrogen (secondary N) is 1. The number of rotatable bonds is 5. The van der Waals surface area contributed by atoms with Gasteiger partial charge < -0.3 is 14.9 Å². The predicted octanol–water partition coefficient (Wildman–Crippen LogP) is 1.85. The van der Waals surface area contributed by atoms with Gasteiger partial charge in [-0.1, -0.05) is 18.2 Å². The van der Waals surface area contributed by atoms with E-state index in [1.165, 1.54) is 6.26 Å². The summed E-state index contributed by atoms with van der Waals surface area (Å²) in [5.74, 6) is 0.433. The fourth-order valence-corrected chi connectivity index (χ4v) is 1.32. The molecule has 0 spiro atoms. The largest absolute Gasteiger partial charge is 0.465 e. The van der Waals surface area contributed by atoms with E-state index in [9.17, 15) is 10.1 Å². The van der Waals surface area contributed by atoms with Crippen molar-refractivity contribution in [2.45, 2.75) is 6.42 Å². The van der Waals surface area contributed by atoms with E-state index in [-0.39, 0.29) is 17.9 Å². The van der Waals surface area contributed by atoms with Gasteiger partial charge in [0.1, 0.15) is 5.75 Å². The number of aromatic nitrogens is 3. The van der Waals surface area contributed by atoms with E-state index >= 15 is 0 Å². The molecule has 0 amide bonds. The lowest BCUT2D eigenvalue weighted by molar-refractivity contribution is -0.390. The average molecular weight is 246 g/mol. The molecule has 1 aromatic carbocycles. The SMILES string of the molecule is O=[N+]([O-])c1n[nH]nc1CC=COc1ccccc1. The average Bonchev–Trinajstić information content (AvgIpc) is 2.84. The maximum atomic E-state index is 10.6. The predicted molar refractivity (Wildman–Crippen MR) is 63.0 cm³/mol. The monoisotopic (exact) mass is 246 g/mol. The summed E-state index contributed by atoms with van der Waals surface area (Å²) in [5, 5.41) is 19.9. The zero-order valence-electron chi connectivity index (χ0n) is 9.31. The van der Waals surface area contributed by atoms with Crippen LogP contribution in [0, 0.1) is 10.1 Å². The van der Waals surface area contributed by atoms with Crippen molar-refractivity contribution >= 4 is 5.82 Å². The highest BCUT2D eigenvalue weighted by Crippen LogP contribution is 2.12. The molecule has 0 radical (unpaired) electrons. The number of allylic oxidation sites excluding steroid dienone is 1. The minimum Gasteiger partial charge on any atom is -0.465 e. The number of para-hydroxylation sites is 1. The van der Waals surface area contributed by atoms with Crippen LogP contribution in [0.25, 0.3) is 0 Å². The molecule has 1 aromatic heterocycles. The summed E-state index contributed by atoms with van der Waals surface area (Å²) in [7, 11) is 0. The Kier molecular flexibility index (Phi) is 3.65. The molecule has 0 bridgehead atoms. The zero-order chi connectivity index (χ0) is 12.8. The highest BCUT2D eigenvalue weighted by molar-refractivity contribution is 5.25. The molecule has 0 aliphatic heterocycles. The zero-order valence-corrected chi connectivity index (χ0v) is 9.31. The molecule has 7 nitrogen and oxygen atoms in total. The van der Waals surface area contributed by atoms with Crippen LogP contribution in [-0.2, 0) is 6.42 Å². The van der Waals surface area contributed by atoms with Gasteiger partial charge in [0.15, 0.2) is 5.69 Å². The van der Waals surface area contributed by atoms with Crippen molar-refractivity contribution in [2.24, 2.45) is 0 Å². The normalized spacial score (nSPS) is 10.7. The van der Waals surface area contributed by atoms with E-state index in [4.69, 9.17) is 4.74 Å². The molecule has 1 N–H and O–H groups in total. The first-order valence-electron chi connectivity index (χ1n) is 5.18. The van der Waals surface area contributed by atoms with Gasteiger partial charge in [0.25, 0.3) is 0 Å². The fraction of sp³-hybridized carbons (Fsp3) is 0.0909. The van der Waals surface area contributed by atoms with Crippen molar-refractivity contribution in [3.8, 4) is 5.75 Å². The first kappa shape index (κ1) is 11.8. The molecule has 0 fully saturated rings. The van der Waals surface area contributed by atoms with Crippen LogP contribution in [0.2, 0.25) is 0 Å². The van der Waals surface area contributed by atoms with Gasteiger partial charge in [-0.2, -0.15) is 0 Å². The molecule has 92 valence electrons. The van der Waals surface area contributed by atoms with Gasteiger partial charge in [0, 0.05) is 6.42 Å². The lowest BCUT2D eigenvalue weighted by Gasteiger charge is -1.97. The van der Waals surface area contributed by atoms with Crippen LogP contribution >= 0.6 is 0 Å².